The maximum atomic E-state index is 11.8. The van der Waals surface area contributed by atoms with E-state index >= 15 is 0 Å². The second-order valence-corrected chi connectivity index (χ2v) is 7.52. The minimum Gasteiger partial charge on any atom is -0.467 e. The molecule has 5 heteroatoms. The predicted molar refractivity (Wildman–Crippen MR) is 83.9 cm³/mol. The fourth-order valence-corrected chi connectivity index (χ4v) is 3.37. The highest BCUT2D eigenvalue weighted by atomic mass is 32.2. The summed E-state index contributed by atoms with van der Waals surface area (Å²) >= 11 is 0. The Hall–Kier alpha value is -1.59. The van der Waals surface area contributed by atoms with Crippen LogP contribution in [-0.4, -0.2) is 26.0 Å². The van der Waals surface area contributed by atoms with Crippen LogP contribution < -0.4 is 5.32 Å². The molecule has 2 aromatic rings. The molecule has 1 N–H and O–H groups in total. The molecule has 0 radical (unpaired) electrons. The van der Waals surface area contributed by atoms with Crippen molar-refractivity contribution in [3.8, 4) is 0 Å². The van der Waals surface area contributed by atoms with Gasteiger partial charge in [-0.1, -0.05) is 37.3 Å². The maximum Gasteiger partial charge on any atom is 0.151 e. The van der Waals surface area contributed by atoms with Gasteiger partial charge in [0.2, 0.25) is 0 Å². The first-order chi connectivity index (χ1) is 10.0. The molecule has 2 unspecified atom stereocenters. The summed E-state index contributed by atoms with van der Waals surface area (Å²) in [5.74, 6) is 1.06. The number of rotatable bonds is 7. The molecule has 0 aliphatic carbocycles. The fraction of sp³-hybridized carbons (Fsp3) is 0.375. The SMILES string of the molecule is CCS(=O)(=O)CC(C)NC(c1ccccc1)c1ccco1. The van der Waals surface area contributed by atoms with Crippen LogP contribution in [0.15, 0.2) is 53.1 Å². The van der Waals surface area contributed by atoms with Crippen molar-refractivity contribution in [2.45, 2.75) is 25.9 Å². The monoisotopic (exact) mass is 307 g/mol. The largest absolute Gasteiger partial charge is 0.467 e. The third kappa shape index (κ3) is 4.44. The summed E-state index contributed by atoms with van der Waals surface area (Å²) in [7, 11) is -3.01. The molecule has 0 spiro atoms. The van der Waals surface area contributed by atoms with Crippen molar-refractivity contribution in [1.82, 2.24) is 5.32 Å². The molecule has 1 aromatic heterocycles. The topological polar surface area (TPSA) is 59.3 Å². The highest BCUT2D eigenvalue weighted by Gasteiger charge is 2.21. The van der Waals surface area contributed by atoms with Gasteiger partial charge in [0.1, 0.15) is 5.76 Å². The predicted octanol–water partition coefficient (Wildman–Crippen LogP) is 2.78. The van der Waals surface area contributed by atoms with Crippen molar-refractivity contribution in [2.75, 3.05) is 11.5 Å². The molecule has 1 aromatic carbocycles. The molecule has 0 amide bonds. The van der Waals surface area contributed by atoms with Gasteiger partial charge in [0.05, 0.1) is 18.1 Å². The van der Waals surface area contributed by atoms with E-state index in [1.165, 1.54) is 0 Å². The Kier molecular flexibility index (Phi) is 5.20. The molecule has 0 bridgehead atoms. The van der Waals surface area contributed by atoms with E-state index in [0.29, 0.717) is 0 Å². The average Bonchev–Trinajstić information content (AvgIpc) is 2.99. The summed E-state index contributed by atoms with van der Waals surface area (Å²) in [5, 5.41) is 3.35. The lowest BCUT2D eigenvalue weighted by molar-refractivity contribution is 0.424. The van der Waals surface area contributed by atoms with Gasteiger partial charge in [-0.05, 0) is 24.6 Å². The Balaban J connectivity index is 2.18. The lowest BCUT2D eigenvalue weighted by Crippen LogP contribution is -2.36. The zero-order chi connectivity index (χ0) is 15.3. The molecular weight excluding hydrogens is 286 g/mol. The van der Waals surface area contributed by atoms with Gasteiger partial charge < -0.3 is 9.73 Å². The van der Waals surface area contributed by atoms with Crippen LogP contribution in [0.4, 0.5) is 0 Å². The third-order valence-corrected chi connectivity index (χ3v) is 5.24. The van der Waals surface area contributed by atoms with E-state index in [4.69, 9.17) is 4.42 Å². The standard InChI is InChI=1S/C16H21NO3S/c1-3-21(18,19)12-13(2)17-16(15-10-7-11-20-15)14-8-5-4-6-9-14/h4-11,13,16-17H,3,12H2,1-2H3. The first-order valence-electron chi connectivity index (χ1n) is 7.06. The molecule has 2 rings (SSSR count). The van der Waals surface area contributed by atoms with Crippen LogP contribution in [0.25, 0.3) is 0 Å². The van der Waals surface area contributed by atoms with E-state index in [9.17, 15) is 8.42 Å². The van der Waals surface area contributed by atoms with Gasteiger partial charge in [-0.3, -0.25) is 0 Å². The molecular formula is C16H21NO3S. The molecule has 1 heterocycles. The first kappa shape index (κ1) is 15.8. The van der Waals surface area contributed by atoms with Crippen LogP contribution >= 0.6 is 0 Å². The molecule has 0 fully saturated rings. The molecule has 0 saturated heterocycles. The van der Waals surface area contributed by atoms with E-state index in [-0.39, 0.29) is 23.6 Å². The van der Waals surface area contributed by atoms with Crippen LogP contribution in [0.5, 0.6) is 0 Å². The maximum absolute atomic E-state index is 11.8. The molecule has 2 atom stereocenters. The number of nitrogens with one attached hydrogen (secondary N) is 1. The average molecular weight is 307 g/mol. The van der Waals surface area contributed by atoms with Crippen molar-refractivity contribution in [2.24, 2.45) is 0 Å². The first-order valence-corrected chi connectivity index (χ1v) is 8.89. The summed E-state index contributed by atoms with van der Waals surface area (Å²) in [6, 6.07) is 13.3. The molecule has 114 valence electrons. The number of hydrogen-bond acceptors (Lipinski definition) is 4. The van der Waals surface area contributed by atoms with Gasteiger partial charge >= 0.3 is 0 Å². The van der Waals surface area contributed by atoms with Crippen LogP contribution in [0.2, 0.25) is 0 Å². The smallest absolute Gasteiger partial charge is 0.151 e. The van der Waals surface area contributed by atoms with Crippen LogP contribution in [0.1, 0.15) is 31.2 Å². The highest BCUT2D eigenvalue weighted by molar-refractivity contribution is 7.91. The van der Waals surface area contributed by atoms with Gasteiger partial charge in [0, 0.05) is 11.8 Å². The third-order valence-electron chi connectivity index (χ3n) is 3.36. The van der Waals surface area contributed by atoms with E-state index < -0.39 is 9.84 Å². The molecule has 0 saturated carbocycles. The Labute approximate surface area is 126 Å². The minimum atomic E-state index is -3.01. The molecule has 0 aliphatic heterocycles. The summed E-state index contributed by atoms with van der Waals surface area (Å²) < 4.78 is 29.0. The van der Waals surface area contributed by atoms with Crippen molar-refractivity contribution >= 4 is 9.84 Å². The van der Waals surface area contributed by atoms with Crippen molar-refractivity contribution in [1.29, 1.82) is 0 Å². The van der Waals surface area contributed by atoms with Gasteiger partial charge in [-0.15, -0.1) is 0 Å². The van der Waals surface area contributed by atoms with E-state index in [1.54, 1.807) is 13.2 Å². The number of benzene rings is 1. The van der Waals surface area contributed by atoms with Crippen molar-refractivity contribution in [3.63, 3.8) is 0 Å². The zero-order valence-electron chi connectivity index (χ0n) is 12.3. The van der Waals surface area contributed by atoms with Gasteiger partial charge in [-0.25, -0.2) is 8.42 Å². The normalized spacial score (nSPS) is 14.8. The molecule has 4 nitrogen and oxygen atoms in total. The van der Waals surface area contributed by atoms with Gasteiger partial charge in [-0.2, -0.15) is 0 Å². The zero-order valence-corrected chi connectivity index (χ0v) is 13.1. The fourth-order valence-electron chi connectivity index (χ4n) is 2.28. The lowest BCUT2D eigenvalue weighted by Gasteiger charge is -2.22. The van der Waals surface area contributed by atoms with Crippen LogP contribution in [0.3, 0.4) is 0 Å². The van der Waals surface area contributed by atoms with Crippen molar-refractivity contribution in [3.05, 3.63) is 60.1 Å². The van der Waals surface area contributed by atoms with Crippen molar-refractivity contribution < 1.29 is 12.8 Å². The Bertz CT molecular complexity index is 635. The second-order valence-electron chi connectivity index (χ2n) is 5.13. The summed E-state index contributed by atoms with van der Waals surface area (Å²) in [6.45, 7) is 3.55. The summed E-state index contributed by atoms with van der Waals surface area (Å²) in [4.78, 5) is 0. The quantitative estimate of drug-likeness (QED) is 0.854. The lowest BCUT2D eigenvalue weighted by atomic mass is 10.0. The molecule has 0 aliphatic rings. The van der Waals surface area contributed by atoms with Crippen LogP contribution in [0, 0.1) is 0 Å². The van der Waals surface area contributed by atoms with E-state index in [2.05, 4.69) is 5.32 Å². The Morgan fingerprint density at radius 3 is 2.43 bits per heavy atom. The van der Waals surface area contributed by atoms with Gasteiger partial charge in [0.25, 0.3) is 0 Å². The number of sulfone groups is 1. The number of hydrogen-bond donors (Lipinski definition) is 1. The summed E-state index contributed by atoms with van der Waals surface area (Å²) in [6.07, 6.45) is 1.63. The van der Waals surface area contributed by atoms with Gasteiger partial charge in [0.15, 0.2) is 9.84 Å². The van der Waals surface area contributed by atoms with Crippen LogP contribution in [-0.2, 0) is 9.84 Å². The second kappa shape index (κ2) is 6.91. The van der Waals surface area contributed by atoms with E-state index in [1.807, 2.05) is 49.4 Å². The molecule has 21 heavy (non-hydrogen) atoms. The Morgan fingerprint density at radius 2 is 1.86 bits per heavy atom. The number of furan rings is 1. The summed E-state index contributed by atoms with van der Waals surface area (Å²) in [5.41, 5.74) is 1.05. The van der Waals surface area contributed by atoms with E-state index in [0.717, 1.165) is 11.3 Å². The highest BCUT2D eigenvalue weighted by Crippen LogP contribution is 2.23. The Morgan fingerprint density at radius 1 is 1.14 bits per heavy atom. The minimum absolute atomic E-state index is 0.119.